The summed E-state index contributed by atoms with van der Waals surface area (Å²) < 4.78 is 5.32. The number of rotatable bonds is 3. The van der Waals surface area contributed by atoms with Crippen molar-refractivity contribution in [3.63, 3.8) is 0 Å². The van der Waals surface area contributed by atoms with Gasteiger partial charge in [-0.2, -0.15) is 0 Å². The van der Waals surface area contributed by atoms with E-state index in [4.69, 9.17) is 10.5 Å². The number of aromatic nitrogens is 2. The van der Waals surface area contributed by atoms with Crippen molar-refractivity contribution in [2.75, 3.05) is 31.2 Å². The summed E-state index contributed by atoms with van der Waals surface area (Å²) in [5, 5.41) is 0.750. The standard InChI is InChI=1S/C13H14N4O2S/c14-12(18)10-8-16-13(20-10)9-1-2-11(15-7-9)17-3-5-19-6-4-17/h1-2,7-8H,3-6H2,(H2,14,18). The monoisotopic (exact) mass is 290 g/mol. The molecule has 0 unspecified atom stereocenters. The molecule has 20 heavy (non-hydrogen) atoms. The van der Waals surface area contributed by atoms with Gasteiger partial charge < -0.3 is 15.4 Å². The molecule has 0 aliphatic carbocycles. The van der Waals surface area contributed by atoms with Crippen LogP contribution in [0.15, 0.2) is 24.5 Å². The summed E-state index contributed by atoms with van der Waals surface area (Å²) in [6.45, 7) is 3.18. The van der Waals surface area contributed by atoms with Crippen LogP contribution in [0, 0.1) is 0 Å². The molecular formula is C13H14N4O2S. The zero-order valence-electron chi connectivity index (χ0n) is 10.8. The summed E-state index contributed by atoms with van der Waals surface area (Å²) in [6, 6.07) is 3.92. The molecule has 6 nitrogen and oxygen atoms in total. The molecule has 104 valence electrons. The Hall–Kier alpha value is -1.99. The van der Waals surface area contributed by atoms with E-state index in [2.05, 4.69) is 14.9 Å². The molecule has 3 rings (SSSR count). The minimum absolute atomic E-state index is 0.452. The van der Waals surface area contributed by atoms with Crippen LogP contribution in [0.3, 0.4) is 0 Å². The lowest BCUT2D eigenvalue weighted by Crippen LogP contribution is -2.36. The summed E-state index contributed by atoms with van der Waals surface area (Å²) in [6.07, 6.45) is 3.27. The van der Waals surface area contributed by atoms with Gasteiger partial charge >= 0.3 is 0 Å². The van der Waals surface area contributed by atoms with Crippen LogP contribution in [-0.4, -0.2) is 42.2 Å². The number of amides is 1. The number of hydrogen-bond donors (Lipinski definition) is 1. The highest BCUT2D eigenvalue weighted by Gasteiger charge is 2.13. The molecule has 2 aromatic heterocycles. The molecule has 1 fully saturated rings. The normalized spacial score (nSPS) is 15.3. The van der Waals surface area contributed by atoms with E-state index in [9.17, 15) is 4.79 Å². The molecule has 2 N–H and O–H groups in total. The Balaban J connectivity index is 1.79. The molecule has 7 heteroatoms. The molecule has 0 bridgehead atoms. The van der Waals surface area contributed by atoms with Crippen LogP contribution in [0.2, 0.25) is 0 Å². The van der Waals surface area contributed by atoms with Crippen LogP contribution >= 0.6 is 11.3 Å². The first-order valence-electron chi connectivity index (χ1n) is 6.29. The van der Waals surface area contributed by atoms with Gasteiger partial charge in [-0.25, -0.2) is 9.97 Å². The van der Waals surface area contributed by atoms with Gasteiger partial charge in [0.2, 0.25) is 0 Å². The van der Waals surface area contributed by atoms with Gasteiger partial charge in [-0.05, 0) is 12.1 Å². The van der Waals surface area contributed by atoms with E-state index in [1.165, 1.54) is 17.5 Å². The maximum absolute atomic E-state index is 11.1. The summed E-state index contributed by atoms with van der Waals surface area (Å²) in [7, 11) is 0. The van der Waals surface area contributed by atoms with Crippen molar-refractivity contribution in [1.29, 1.82) is 0 Å². The molecule has 0 radical (unpaired) electrons. The predicted octanol–water partition coefficient (Wildman–Crippen LogP) is 1.14. The Labute approximate surface area is 120 Å². The third kappa shape index (κ3) is 2.63. The predicted molar refractivity (Wildman–Crippen MR) is 76.9 cm³/mol. The van der Waals surface area contributed by atoms with Crippen LogP contribution in [0.1, 0.15) is 9.67 Å². The van der Waals surface area contributed by atoms with Crippen LogP contribution in [0.4, 0.5) is 5.82 Å². The van der Waals surface area contributed by atoms with E-state index >= 15 is 0 Å². The summed E-state index contributed by atoms with van der Waals surface area (Å²) in [4.78, 5) is 22.4. The van der Waals surface area contributed by atoms with Crippen molar-refractivity contribution in [3.05, 3.63) is 29.4 Å². The van der Waals surface area contributed by atoms with Crippen molar-refractivity contribution in [2.24, 2.45) is 5.73 Å². The van der Waals surface area contributed by atoms with Gasteiger partial charge in [-0.15, -0.1) is 11.3 Å². The van der Waals surface area contributed by atoms with Crippen molar-refractivity contribution in [3.8, 4) is 10.6 Å². The fourth-order valence-corrected chi connectivity index (χ4v) is 2.77. The Morgan fingerprint density at radius 3 is 2.65 bits per heavy atom. The molecule has 1 aliphatic heterocycles. The largest absolute Gasteiger partial charge is 0.378 e. The summed E-state index contributed by atoms with van der Waals surface area (Å²) >= 11 is 1.28. The van der Waals surface area contributed by atoms with Crippen molar-refractivity contribution in [2.45, 2.75) is 0 Å². The fourth-order valence-electron chi connectivity index (χ4n) is 2.01. The molecule has 1 amide bonds. The van der Waals surface area contributed by atoms with Crippen molar-refractivity contribution >= 4 is 23.1 Å². The van der Waals surface area contributed by atoms with Crippen molar-refractivity contribution < 1.29 is 9.53 Å². The number of anilines is 1. The Morgan fingerprint density at radius 2 is 2.05 bits per heavy atom. The molecule has 0 aromatic carbocycles. The van der Waals surface area contributed by atoms with Crippen molar-refractivity contribution in [1.82, 2.24) is 9.97 Å². The molecule has 0 atom stereocenters. The first kappa shape index (κ1) is 13.0. The van der Waals surface area contributed by atoms with Crippen LogP contribution in [0.5, 0.6) is 0 Å². The first-order valence-corrected chi connectivity index (χ1v) is 7.10. The third-order valence-electron chi connectivity index (χ3n) is 3.08. The van der Waals surface area contributed by atoms with Crippen LogP contribution in [-0.2, 0) is 4.74 Å². The summed E-state index contributed by atoms with van der Waals surface area (Å²) in [5.41, 5.74) is 6.11. The van der Waals surface area contributed by atoms with Gasteiger partial charge in [0.1, 0.15) is 15.7 Å². The number of carbonyl (C=O) groups excluding carboxylic acids is 1. The Morgan fingerprint density at radius 1 is 1.25 bits per heavy atom. The smallest absolute Gasteiger partial charge is 0.260 e. The number of nitrogens with zero attached hydrogens (tertiary/aromatic N) is 3. The number of hydrogen-bond acceptors (Lipinski definition) is 6. The van der Waals surface area contributed by atoms with Gasteiger partial charge in [-0.1, -0.05) is 0 Å². The summed E-state index contributed by atoms with van der Waals surface area (Å²) in [5.74, 6) is 0.482. The van der Waals surface area contributed by atoms with Crippen LogP contribution < -0.4 is 10.6 Å². The lowest BCUT2D eigenvalue weighted by atomic mass is 10.3. The quantitative estimate of drug-likeness (QED) is 0.916. The topological polar surface area (TPSA) is 81.3 Å². The lowest BCUT2D eigenvalue weighted by molar-refractivity contribution is 0.100. The SMILES string of the molecule is NC(=O)c1cnc(-c2ccc(N3CCOCC3)nc2)s1. The average molecular weight is 290 g/mol. The van der Waals surface area contributed by atoms with E-state index in [1.54, 1.807) is 6.20 Å². The highest BCUT2D eigenvalue weighted by Crippen LogP contribution is 2.25. The Bertz CT molecular complexity index is 605. The molecule has 1 saturated heterocycles. The molecule has 3 heterocycles. The molecular weight excluding hydrogens is 276 g/mol. The highest BCUT2D eigenvalue weighted by molar-refractivity contribution is 7.16. The second kappa shape index (κ2) is 5.56. The zero-order valence-corrected chi connectivity index (χ0v) is 11.6. The second-order valence-corrected chi connectivity index (χ2v) is 5.43. The van der Waals surface area contributed by atoms with Gasteiger partial charge in [0.15, 0.2) is 0 Å². The number of morpholine rings is 1. The number of ether oxygens (including phenoxy) is 1. The number of carbonyl (C=O) groups is 1. The van der Waals surface area contributed by atoms with Gasteiger partial charge in [0, 0.05) is 24.8 Å². The fraction of sp³-hybridized carbons (Fsp3) is 0.308. The minimum atomic E-state index is -0.452. The molecule has 1 aliphatic rings. The average Bonchev–Trinajstić information content (AvgIpc) is 2.98. The lowest BCUT2D eigenvalue weighted by Gasteiger charge is -2.27. The third-order valence-corrected chi connectivity index (χ3v) is 4.14. The maximum atomic E-state index is 11.1. The number of nitrogens with two attached hydrogens (primary N) is 1. The zero-order chi connectivity index (χ0) is 13.9. The molecule has 0 saturated carbocycles. The molecule has 2 aromatic rings. The van der Waals surface area contributed by atoms with Gasteiger partial charge in [-0.3, -0.25) is 4.79 Å². The first-order chi connectivity index (χ1) is 9.74. The van der Waals surface area contributed by atoms with Crippen LogP contribution in [0.25, 0.3) is 10.6 Å². The van der Waals surface area contributed by atoms with E-state index in [0.717, 1.165) is 42.7 Å². The number of primary amides is 1. The minimum Gasteiger partial charge on any atom is -0.378 e. The van der Waals surface area contributed by atoms with Gasteiger partial charge in [0.25, 0.3) is 5.91 Å². The van der Waals surface area contributed by atoms with Gasteiger partial charge in [0.05, 0.1) is 19.4 Å². The second-order valence-electron chi connectivity index (χ2n) is 4.40. The number of thiazole rings is 1. The number of pyridine rings is 1. The van der Waals surface area contributed by atoms with E-state index in [1.807, 2.05) is 12.1 Å². The maximum Gasteiger partial charge on any atom is 0.260 e. The molecule has 0 spiro atoms. The Kier molecular flexibility index (Phi) is 3.62. The van der Waals surface area contributed by atoms with E-state index < -0.39 is 5.91 Å². The highest BCUT2D eigenvalue weighted by atomic mass is 32.1. The van der Waals surface area contributed by atoms with E-state index in [-0.39, 0.29) is 0 Å². The van der Waals surface area contributed by atoms with E-state index in [0.29, 0.717) is 4.88 Å².